The largest absolute Gasteiger partial charge is 0.496 e. The highest BCUT2D eigenvalue weighted by Crippen LogP contribution is 2.24. The van der Waals surface area contributed by atoms with Crippen molar-refractivity contribution in [2.45, 2.75) is 0 Å². The fourth-order valence-corrected chi connectivity index (χ4v) is 2.84. The summed E-state index contributed by atoms with van der Waals surface area (Å²) in [4.78, 5) is 40.2. The van der Waals surface area contributed by atoms with Crippen LogP contribution >= 0.6 is 0 Å². The van der Waals surface area contributed by atoms with Crippen LogP contribution in [0.4, 0.5) is 5.69 Å². The van der Waals surface area contributed by atoms with E-state index in [1.54, 1.807) is 84.9 Å². The Kier molecular flexibility index (Phi) is 6.00. The van der Waals surface area contributed by atoms with Crippen LogP contribution in [0.5, 0.6) is 5.75 Å². The van der Waals surface area contributed by atoms with Crippen LogP contribution in [0, 0.1) is 0 Å². The van der Waals surface area contributed by atoms with Gasteiger partial charge < -0.3 is 4.74 Å². The van der Waals surface area contributed by atoms with Crippen molar-refractivity contribution in [3.8, 4) is 5.75 Å². The molecule has 0 saturated carbocycles. The Labute approximate surface area is 168 Å². The first-order chi connectivity index (χ1) is 14.0. The standard InChI is InChI=1S/C24H19NO4/c1-17(22(26)20-15-9-10-16-21(20)29-2)23(27)25(19-13-7-4-8-14-19)24(28)18-11-5-3-6-12-18/h3-16H,1H2,2H3. The average Bonchev–Trinajstić information content (AvgIpc) is 2.79. The van der Waals surface area contributed by atoms with E-state index in [9.17, 15) is 14.4 Å². The lowest BCUT2D eigenvalue weighted by atomic mass is 10.0. The maximum atomic E-state index is 13.2. The van der Waals surface area contributed by atoms with Crippen molar-refractivity contribution in [1.82, 2.24) is 0 Å². The molecule has 0 aromatic heterocycles. The van der Waals surface area contributed by atoms with E-state index < -0.39 is 17.6 Å². The van der Waals surface area contributed by atoms with E-state index in [0.717, 1.165) is 4.90 Å². The van der Waals surface area contributed by atoms with Crippen LogP contribution < -0.4 is 9.64 Å². The summed E-state index contributed by atoms with van der Waals surface area (Å²) in [7, 11) is 1.44. The number of amides is 2. The summed E-state index contributed by atoms with van der Waals surface area (Å²) in [5.74, 6) is -1.61. The number of nitrogens with zero attached hydrogens (tertiary/aromatic N) is 1. The lowest BCUT2D eigenvalue weighted by molar-refractivity contribution is -0.114. The number of rotatable bonds is 6. The van der Waals surface area contributed by atoms with E-state index >= 15 is 0 Å². The molecule has 3 aromatic carbocycles. The minimum Gasteiger partial charge on any atom is -0.496 e. The molecule has 0 saturated heterocycles. The maximum Gasteiger partial charge on any atom is 0.268 e. The fraction of sp³-hybridized carbons (Fsp3) is 0.0417. The highest BCUT2D eigenvalue weighted by atomic mass is 16.5. The van der Waals surface area contributed by atoms with Crippen molar-refractivity contribution in [2.75, 3.05) is 12.0 Å². The normalized spacial score (nSPS) is 10.1. The third kappa shape index (κ3) is 4.14. The maximum absolute atomic E-state index is 13.2. The van der Waals surface area contributed by atoms with Gasteiger partial charge in [0, 0.05) is 5.56 Å². The molecule has 144 valence electrons. The molecule has 0 atom stereocenters. The molecule has 2 amide bonds. The first-order valence-electron chi connectivity index (χ1n) is 8.90. The van der Waals surface area contributed by atoms with Gasteiger partial charge in [-0.25, -0.2) is 4.90 Å². The molecule has 0 unspecified atom stereocenters. The van der Waals surface area contributed by atoms with Gasteiger partial charge in [0.1, 0.15) is 5.75 Å². The van der Waals surface area contributed by atoms with E-state index in [-0.39, 0.29) is 11.1 Å². The summed E-state index contributed by atoms with van der Waals surface area (Å²) >= 11 is 0. The summed E-state index contributed by atoms with van der Waals surface area (Å²) in [5.41, 5.74) is 0.540. The number of hydrogen-bond donors (Lipinski definition) is 0. The van der Waals surface area contributed by atoms with Crippen LogP contribution in [0.3, 0.4) is 0 Å². The van der Waals surface area contributed by atoms with Gasteiger partial charge in [0.15, 0.2) is 0 Å². The van der Waals surface area contributed by atoms with Crippen LogP contribution in [0.2, 0.25) is 0 Å². The third-order valence-electron chi connectivity index (χ3n) is 4.33. The van der Waals surface area contributed by atoms with E-state index in [1.165, 1.54) is 7.11 Å². The Bertz CT molecular complexity index is 1060. The summed E-state index contributed by atoms with van der Waals surface area (Å²) in [6.45, 7) is 3.68. The summed E-state index contributed by atoms with van der Waals surface area (Å²) in [6.07, 6.45) is 0. The molecule has 5 heteroatoms. The number of methoxy groups -OCH3 is 1. The Morgan fingerprint density at radius 1 is 0.793 bits per heavy atom. The molecule has 3 aromatic rings. The number of anilines is 1. The molecule has 29 heavy (non-hydrogen) atoms. The SMILES string of the molecule is C=C(C(=O)c1ccccc1OC)C(=O)N(C(=O)c1ccccc1)c1ccccc1. The van der Waals surface area contributed by atoms with Crippen LogP contribution in [0.25, 0.3) is 0 Å². The average molecular weight is 385 g/mol. The second kappa shape index (κ2) is 8.80. The molecular formula is C24H19NO4. The number of carbonyl (C=O) groups is 3. The molecule has 3 rings (SSSR count). The molecule has 0 heterocycles. The topological polar surface area (TPSA) is 63.7 Å². The van der Waals surface area contributed by atoms with Gasteiger partial charge in [0.05, 0.1) is 23.9 Å². The van der Waals surface area contributed by atoms with E-state index in [0.29, 0.717) is 17.0 Å². The van der Waals surface area contributed by atoms with Crippen molar-refractivity contribution < 1.29 is 19.1 Å². The zero-order valence-corrected chi connectivity index (χ0v) is 15.9. The number of carbonyl (C=O) groups excluding carboxylic acids is 3. The van der Waals surface area contributed by atoms with Gasteiger partial charge in [-0.1, -0.05) is 55.1 Å². The Morgan fingerprint density at radius 2 is 1.34 bits per heavy atom. The van der Waals surface area contributed by atoms with E-state index in [1.807, 2.05) is 0 Å². The highest BCUT2D eigenvalue weighted by Gasteiger charge is 2.30. The predicted molar refractivity (Wildman–Crippen MR) is 111 cm³/mol. The zero-order chi connectivity index (χ0) is 20.8. The predicted octanol–water partition coefficient (Wildman–Crippen LogP) is 4.31. The van der Waals surface area contributed by atoms with Gasteiger partial charge in [-0.15, -0.1) is 0 Å². The van der Waals surface area contributed by atoms with Crippen molar-refractivity contribution in [2.24, 2.45) is 0 Å². The Balaban J connectivity index is 1.99. The number of Topliss-reactive ketones (excluding diaryl/α,β-unsaturated/α-hetero) is 1. The molecule has 0 aliphatic carbocycles. The molecule has 0 bridgehead atoms. The number of imide groups is 1. The molecule has 0 aliphatic rings. The number of para-hydroxylation sites is 2. The van der Waals surface area contributed by atoms with Crippen LogP contribution in [0.15, 0.2) is 97.1 Å². The number of hydrogen-bond acceptors (Lipinski definition) is 4. The smallest absolute Gasteiger partial charge is 0.268 e. The minimum absolute atomic E-state index is 0.202. The number of ketones is 1. The van der Waals surface area contributed by atoms with Crippen LogP contribution in [-0.4, -0.2) is 24.7 Å². The number of benzene rings is 3. The molecule has 0 aliphatic heterocycles. The Morgan fingerprint density at radius 3 is 1.97 bits per heavy atom. The summed E-state index contributed by atoms with van der Waals surface area (Å²) < 4.78 is 5.20. The lowest BCUT2D eigenvalue weighted by Crippen LogP contribution is -2.39. The fourth-order valence-electron chi connectivity index (χ4n) is 2.84. The van der Waals surface area contributed by atoms with Gasteiger partial charge in [-0.05, 0) is 36.4 Å². The lowest BCUT2D eigenvalue weighted by Gasteiger charge is -2.22. The molecular weight excluding hydrogens is 366 g/mol. The van der Waals surface area contributed by atoms with Gasteiger partial charge in [-0.2, -0.15) is 0 Å². The molecule has 0 fully saturated rings. The van der Waals surface area contributed by atoms with Crippen molar-refractivity contribution in [3.63, 3.8) is 0 Å². The van der Waals surface area contributed by atoms with Crippen molar-refractivity contribution >= 4 is 23.3 Å². The monoisotopic (exact) mass is 385 g/mol. The molecule has 0 N–H and O–H groups in total. The summed E-state index contributed by atoms with van der Waals surface area (Å²) in [6, 6.07) is 23.4. The zero-order valence-electron chi connectivity index (χ0n) is 15.9. The van der Waals surface area contributed by atoms with Crippen molar-refractivity contribution in [3.05, 3.63) is 108 Å². The molecule has 0 radical (unpaired) electrons. The third-order valence-corrected chi connectivity index (χ3v) is 4.33. The van der Waals surface area contributed by atoms with E-state index in [4.69, 9.17) is 4.74 Å². The summed E-state index contributed by atoms with van der Waals surface area (Å²) in [5, 5.41) is 0. The van der Waals surface area contributed by atoms with Crippen LogP contribution in [-0.2, 0) is 4.79 Å². The number of ether oxygens (including phenoxy) is 1. The van der Waals surface area contributed by atoms with Gasteiger partial charge >= 0.3 is 0 Å². The Hall–Kier alpha value is -3.99. The second-order valence-corrected chi connectivity index (χ2v) is 6.16. The van der Waals surface area contributed by atoms with E-state index in [2.05, 4.69) is 6.58 Å². The van der Waals surface area contributed by atoms with Crippen molar-refractivity contribution in [1.29, 1.82) is 0 Å². The first kappa shape index (κ1) is 19.8. The minimum atomic E-state index is -0.791. The second-order valence-electron chi connectivity index (χ2n) is 6.16. The van der Waals surface area contributed by atoms with Crippen LogP contribution in [0.1, 0.15) is 20.7 Å². The van der Waals surface area contributed by atoms with Gasteiger partial charge in [0.2, 0.25) is 5.78 Å². The molecule has 0 spiro atoms. The molecule has 5 nitrogen and oxygen atoms in total. The quantitative estimate of drug-likeness (QED) is 0.275. The van der Waals surface area contributed by atoms with Gasteiger partial charge in [0.25, 0.3) is 11.8 Å². The van der Waals surface area contributed by atoms with Gasteiger partial charge in [-0.3, -0.25) is 14.4 Å². The highest BCUT2D eigenvalue weighted by molar-refractivity contribution is 6.36. The first-order valence-corrected chi connectivity index (χ1v) is 8.90.